The third-order valence-corrected chi connectivity index (χ3v) is 3.64. The lowest BCUT2D eigenvalue weighted by molar-refractivity contribution is 0.0735. The standard InChI is InChI=1S/C9H20N2.C7H12N2/c1-9(2,3)11-7-5-10(4)6-8-11;1-7(2,3)9-6-4-5-8-9/h5-8H2,1-4H3;4-6H,1-3H3. The van der Waals surface area contributed by atoms with Crippen LogP contribution in [0.3, 0.4) is 0 Å². The summed E-state index contributed by atoms with van der Waals surface area (Å²) >= 11 is 0. The Balaban J connectivity index is 0.000000204. The van der Waals surface area contributed by atoms with Crippen LogP contribution in [0, 0.1) is 0 Å². The van der Waals surface area contributed by atoms with Crippen LogP contribution in [0.2, 0.25) is 0 Å². The predicted octanol–water partition coefficient (Wildman–Crippen LogP) is 2.67. The number of nitrogens with zero attached hydrogens (tertiary/aromatic N) is 4. The lowest BCUT2D eigenvalue weighted by Crippen LogP contribution is -2.52. The first kappa shape index (κ1) is 17.2. The Bertz CT molecular complexity index is 362. The van der Waals surface area contributed by atoms with Crippen LogP contribution in [0.5, 0.6) is 0 Å². The van der Waals surface area contributed by atoms with Crippen LogP contribution in [-0.2, 0) is 5.54 Å². The topological polar surface area (TPSA) is 24.3 Å². The summed E-state index contributed by atoms with van der Waals surface area (Å²) in [6, 6.07) is 1.94. The molecule has 1 aromatic heterocycles. The normalized spacial score (nSPS) is 18.6. The second-order valence-corrected chi connectivity index (χ2v) is 7.58. The van der Waals surface area contributed by atoms with Gasteiger partial charge in [0.05, 0.1) is 5.54 Å². The number of hydrogen-bond acceptors (Lipinski definition) is 3. The molecule has 0 aromatic carbocycles. The summed E-state index contributed by atoms with van der Waals surface area (Å²) in [5.74, 6) is 0. The summed E-state index contributed by atoms with van der Waals surface area (Å²) in [5.41, 5.74) is 0.491. The molecule has 116 valence electrons. The fourth-order valence-electron chi connectivity index (χ4n) is 2.14. The highest BCUT2D eigenvalue weighted by molar-refractivity contribution is 4.83. The number of aromatic nitrogens is 2. The fourth-order valence-corrected chi connectivity index (χ4v) is 2.14. The first-order valence-corrected chi connectivity index (χ1v) is 7.54. The van der Waals surface area contributed by atoms with Gasteiger partial charge in [-0.3, -0.25) is 9.58 Å². The van der Waals surface area contributed by atoms with Crippen molar-refractivity contribution in [3.8, 4) is 0 Å². The SMILES string of the molecule is CC(C)(C)n1cccn1.CN1CCN(C(C)(C)C)CC1. The van der Waals surface area contributed by atoms with Gasteiger partial charge in [0.25, 0.3) is 0 Å². The Hall–Kier alpha value is -0.870. The highest BCUT2D eigenvalue weighted by Crippen LogP contribution is 2.14. The molecule has 0 unspecified atom stereocenters. The second kappa shape index (κ2) is 6.72. The quantitative estimate of drug-likeness (QED) is 0.730. The lowest BCUT2D eigenvalue weighted by Gasteiger charge is -2.41. The van der Waals surface area contributed by atoms with E-state index in [9.17, 15) is 0 Å². The van der Waals surface area contributed by atoms with E-state index in [1.165, 1.54) is 26.2 Å². The zero-order valence-electron chi connectivity index (χ0n) is 14.3. The molecular weight excluding hydrogens is 248 g/mol. The minimum Gasteiger partial charge on any atom is -0.304 e. The van der Waals surface area contributed by atoms with E-state index >= 15 is 0 Å². The first-order chi connectivity index (χ1) is 9.10. The van der Waals surface area contributed by atoms with E-state index in [2.05, 4.69) is 63.5 Å². The maximum Gasteiger partial charge on any atom is 0.0543 e. The van der Waals surface area contributed by atoms with Gasteiger partial charge in [-0.1, -0.05) is 0 Å². The monoisotopic (exact) mass is 280 g/mol. The van der Waals surface area contributed by atoms with Crippen molar-refractivity contribution in [2.75, 3.05) is 33.2 Å². The van der Waals surface area contributed by atoms with E-state index in [4.69, 9.17) is 0 Å². The number of rotatable bonds is 0. The van der Waals surface area contributed by atoms with Gasteiger partial charge >= 0.3 is 0 Å². The minimum atomic E-state index is 0.128. The van der Waals surface area contributed by atoms with E-state index in [1.807, 2.05) is 16.9 Å². The van der Waals surface area contributed by atoms with Crippen molar-refractivity contribution >= 4 is 0 Å². The van der Waals surface area contributed by atoms with Gasteiger partial charge in [-0.25, -0.2) is 0 Å². The van der Waals surface area contributed by atoms with Crippen molar-refractivity contribution in [2.24, 2.45) is 0 Å². The van der Waals surface area contributed by atoms with Crippen molar-refractivity contribution < 1.29 is 0 Å². The third-order valence-electron chi connectivity index (χ3n) is 3.64. The average Bonchev–Trinajstić information content (AvgIpc) is 2.82. The summed E-state index contributed by atoms with van der Waals surface area (Å²) in [6.45, 7) is 18.1. The van der Waals surface area contributed by atoms with Crippen LogP contribution >= 0.6 is 0 Å². The van der Waals surface area contributed by atoms with Gasteiger partial charge in [-0.05, 0) is 54.7 Å². The molecule has 2 heterocycles. The Kier molecular flexibility index (Phi) is 5.78. The molecule has 1 aliphatic heterocycles. The van der Waals surface area contributed by atoms with Crippen LogP contribution in [-0.4, -0.2) is 58.3 Å². The molecule has 0 aliphatic carbocycles. The van der Waals surface area contributed by atoms with Crippen LogP contribution < -0.4 is 0 Å². The highest BCUT2D eigenvalue weighted by atomic mass is 15.3. The molecule has 0 radical (unpaired) electrons. The van der Waals surface area contributed by atoms with Gasteiger partial charge in [-0.2, -0.15) is 5.10 Å². The van der Waals surface area contributed by atoms with Gasteiger partial charge in [0, 0.05) is 44.1 Å². The molecule has 0 N–H and O–H groups in total. The molecule has 20 heavy (non-hydrogen) atoms. The van der Waals surface area contributed by atoms with Crippen molar-refractivity contribution in [3.63, 3.8) is 0 Å². The molecule has 0 saturated carbocycles. The van der Waals surface area contributed by atoms with Gasteiger partial charge in [0.15, 0.2) is 0 Å². The summed E-state index contributed by atoms with van der Waals surface area (Å²) in [4.78, 5) is 4.94. The van der Waals surface area contributed by atoms with Crippen LogP contribution in [0.25, 0.3) is 0 Å². The summed E-state index contributed by atoms with van der Waals surface area (Å²) in [5, 5.41) is 4.10. The molecule has 0 bridgehead atoms. The Morgan fingerprint density at radius 3 is 1.70 bits per heavy atom. The fraction of sp³-hybridized carbons (Fsp3) is 0.812. The second-order valence-electron chi connectivity index (χ2n) is 7.58. The van der Waals surface area contributed by atoms with Crippen molar-refractivity contribution in [2.45, 2.75) is 52.6 Å². The molecule has 0 atom stereocenters. The molecule has 4 nitrogen and oxygen atoms in total. The average molecular weight is 280 g/mol. The van der Waals surface area contributed by atoms with Crippen LogP contribution in [0.4, 0.5) is 0 Å². The third kappa shape index (κ3) is 5.63. The van der Waals surface area contributed by atoms with Crippen molar-refractivity contribution in [1.82, 2.24) is 19.6 Å². The number of piperazine rings is 1. The lowest BCUT2D eigenvalue weighted by atomic mass is 10.1. The van der Waals surface area contributed by atoms with E-state index in [1.54, 1.807) is 6.20 Å². The van der Waals surface area contributed by atoms with Gasteiger partial charge in [0.2, 0.25) is 0 Å². The Morgan fingerprint density at radius 1 is 0.850 bits per heavy atom. The molecule has 1 aliphatic rings. The largest absolute Gasteiger partial charge is 0.304 e. The zero-order chi connectivity index (χ0) is 15.4. The summed E-state index contributed by atoms with van der Waals surface area (Å²) < 4.78 is 1.94. The van der Waals surface area contributed by atoms with Gasteiger partial charge < -0.3 is 4.90 Å². The van der Waals surface area contributed by atoms with Gasteiger partial charge in [0.1, 0.15) is 0 Å². The maximum atomic E-state index is 4.10. The minimum absolute atomic E-state index is 0.128. The maximum absolute atomic E-state index is 4.10. The molecule has 0 amide bonds. The number of likely N-dealkylation sites (N-methyl/N-ethyl adjacent to an activating group) is 1. The molecular formula is C16H32N4. The van der Waals surface area contributed by atoms with E-state index in [0.717, 1.165) is 0 Å². The predicted molar refractivity (Wildman–Crippen MR) is 86.0 cm³/mol. The first-order valence-electron chi connectivity index (χ1n) is 7.54. The molecule has 1 fully saturated rings. The van der Waals surface area contributed by atoms with Crippen molar-refractivity contribution in [1.29, 1.82) is 0 Å². The molecule has 4 heteroatoms. The highest BCUT2D eigenvalue weighted by Gasteiger charge is 2.23. The van der Waals surface area contributed by atoms with E-state index < -0.39 is 0 Å². The summed E-state index contributed by atoms with van der Waals surface area (Å²) in [7, 11) is 2.19. The van der Waals surface area contributed by atoms with E-state index in [0.29, 0.717) is 5.54 Å². The van der Waals surface area contributed by atoms with Crippen LogP contribution in [0.15, 0.2) is 18.5 Å². The van der Waals surface area contributed by atoms with Crippen molar-refractivity contribution in [3.05, 3.63) is 18.5 Å². The molecule has 1 saturated heterocycles. The smallest absolute Gasteiger partial charge is 0.0543 e. The molecule has 1 aromatic rings. The Morgan fingerprint density at radius 2 is 1.40 bits per heavy atom. The zero-order valence-corrected chi connectivity index (χ0v) is 14.3. The molecule has 0 spiro atoms. The van der Waals surface area contributed by atoms with E-state index in [-0.39, 0.29) is 5.54 Å². The summed E-state index contributed by atoms with van der Waals surface area (Å²) in [6.07, 6.45) is 3.77. The van der Waals surface area contributed by atoms with Crippen LogP contribution in [0.1, 0.15) is 41.5 Å². The number of hydrogen-bond donors (Lipinski definition) is 0. The van der Waals surface area contributed by atoms with Gasteiger partial charge in [-0.15, -0.1) is 0 Å². The molecule has 2 rings (SSSR count). The Labute approximate surface area is 124 Å².